The minimum Gasteiger partial charge on any atom is -0.507 e. The summed E-state index contributed by atoms with van der Waals surface area (Å²) in [7, 11) is 0. The number of hydrogen-bond acceptors (Lipinski definition) is 3. The van der Waals surface area contributed by atoms with E-state index in [0.29, 0.717) is 5.56 Å². The molecule has 0 heterocycles. The highest BCUT2D eigenvalue weighted by Gasteiger charge is 2.24. The van der Waals surface area contributed by atoms with Crippen LogP contribution in [0.25, 0.3) is 0 Å². The molecule has 98 valence electrons. The van der Waals surface area contributed by atoms with E-state index in [1.54, 1.807) is 12.1 Å². The lowest BCUT2D eigenvalue weighted by Crippen LogP contribution is -2.49. The standard InChI is InChI=1S/C13H17IN2O2/c14-8-5-6-12(17)9(7-8)13(18)16-11-4-2-1-3-10(11)15/h5-7,10-11,17H,1-4,15H2,(H,16,18)/t10-,11-/m1/s1. The van der Waals surface area contributed by atoms with E-state index in [1.165, 1.54) is 6.07 Å². The van der Waals surface area contributed by atoms with E-state index in [0.717, 1.165) is 29.3 Å². The zero-order valence-electron chi connectivity index (χ0n) is 10.0. The van der Waals surface area contributed by atoms with Gasteiger partial charge in [-0.15, -0.1) is 0 Å². The Labute approximate surface area is 120 Å². The van der Waals surface area contributed by atoms with Gasteiger partial charge in [-0.3, -0.25) is 4.79 Å². The van der Waals surface area contributed by atoms with Crippen LogP contribution in [0.1, 0.15) is 36.0 Å². The van der Waals surface area contributed by atoms with Crippen LogP contribution in [-0.4, -0.2) is 23.1 Å². The van der Waals surface area contributed by atoms with Crippen molar-refractivity contribution in [2.24, 2.45) is 5.73 Å². The number of amides is 1. The molecule has 1 saturated carbocycles. The van der Waals surface area contributed by atoms with Gasteiger partial charge in [0.1, 0.15) is 5.75 Å². The summed E-state index contributed by atoms with van der Waals surface area (Å²) < 4.78 is 0.920. The van der Waals surface area contributed by atoms with Gasteiger partial charge in [0.25, 0.3) is 5.91 Å². The maximum atomic E-state index is 12.1. The van der Waals surface area contributed by atoms with E-state index >= 15 is 0 Å². The second-order valence-corrected chi connectivity index (χ2v) is 5.94. The number of aromatic hydroxyl groups is 1. The topological polar surface area (TPSA) is 75.3 Å². The molecule has 2 rings (SSSR count). The summed E-state index contributed by atoms with van der Waals surface area (Å²) in [4.78, 5) is 12.1. The third-order valence-electron chi connectivity index (χ3n) is 3.34. The molecule has 4 N–H and O–H groups in total. The van der Waals surface area contributed by atoms with Crippen LogP contribution in [-0.2, 0) is 0 Å². The molecular weight excluding hydrogens is 343 g/mol. The van der Waals surface area contributed by atoms with E-state index in [2.05, 4.69) is 27.9 Å². The first-order valence-electron chi connectivity index (χ1n) is 6.13. The highest BCUT2D eigenvalue weighted by atomic mass is 127. The van der Waals surface area contributed by atoms with Gasteiger partial charge in [0.05, 0.1) is 5.56 Å². The van der Waals surface area contributed by atoms with E-state index in [1.807, 2.05) is 0 Å². The fourth-order valence-corrected chi connectivity index (χ4v) is 2.77. The molecule has 1 aliphatic carbocycles. The van der Waals surface area contributed by atoms with Crippen LogP contribution in [0.15, 0.2) is 18.2 Å². The third kappa shape index (κ3) is 3.14. The summed E-state index contributed by atoms with van der Waals surface area (Å²) in [5.74, 6) is -0.231. The van der Waals surface area contributed by atoms with Gasteiger partial charge in [-0.1, -0.05) is 12.8 Å². The van der Waals surface area contributed by atoms with Crippen LogP contribution in [0.5, 0.6) is 5.75 Å². The first-order chi connectivity index (χ1) is 8.58. The predicted octanol–water partition coefficient (Wildman–Crippen LogP) is 2.00. The Hall–Kier alpha value is -0.820. The number of hydrogen-bond donors (Lipinski definition) is 3. The Kier molecular flexibility index (Phi) is 4.45. The van der Waals surface area contributed by atoms with Gasteiger partial charge in [-0.25, -0.2) is 0 Å². The summed E-state index contributed by atoms with van der Waals surface area (Å²) in [6.07, 6.45) is 4.08. The number of benzene rings is 1. The lowest BCUT2D eigenvalue weighted by atomic mass is 9.91. The molecule has 0 unspecified atom stereocenters. The minimum atomic E-state index is -0.242. The zero-order valence-corrected chi connectivity index (χ0v) is 12.2. The summed E-state index contributed by atoms with van der Waals surface area (Å²) >= 11 is 2.11. The quantitative estimate of drug-likeness (QED) is 0.707. The zero-order chi connectivity index (χ0) is 13.1. The van der Waals surface area contributed by atoms with Gasteiger partial charge >= 0.3 is 0 Å². The smallest absolute Gasteiger partial charge is 0.255 e. The van der Waals surface area contributed by atoms with Gasteiger partial charge in [0, 0.05) is 15.7 Å². The van der Waals surface area contributed by atoms with Gasteiger partial charge in [0.15, 0.2) is 0 Å². The fourth-order valence-electron chi connectivity index (χ4n) is 2.28. The highest BCUT2D eigenvalue weighted by Crippen LogP contribution is 2.21. The Morgan fingerprint density at radius 3 is 2.83 bits per heavy atom. The van der Waals surface area contributed by atoms with Gasteiger partial charge in [-0.2, -0.15) is 0 Å². The average molecular weight is 360 g/mol. The number of nitrogens with one attached hydrogen (secondary N) is 1. The van der Waals surface area contributed by atoms with E-state index in [-0.39, 0.29) is 23.7 Å². The Bertz CT molecular complexity index is 451. The predicted molar refractivity (Wildman–Crippen MR) is 78.5 cm³/mol. The number of phenolic OH excluding ortho intramolecular Hbond substituents is 1. The molecule has 1 aromatic carbocycles. The monoisotopic (exact) mass is 360 g/mol. The molecule has 4 nitrogen and oxygen atoms in total. The minimum absolute atomic E-state index is 0.0114. The van der Waals surface area contributed by atoms with Crippen LogP contribution in [0.2, 0.25) is 0 Å². The molecule has 1 amide bonds. The summed E-state index contributed by atoms with van der Waals surface area (Å²) in [6, 6.07) is 5.02. The lowest BCUT2D eigenvalue weighted by Gasteiger charge is -2.29. The van der Waals surface area contributed by atoms with Crippen molar-refractivity contribution in [3.05, 3.63) is 27.3 Å². The maximum absolute atomic E-state index is 12.1. The lowest BCUT2D eigenvalue weighted by molar-refractivity contribution is 0.0918. The molecule has 5 heteroatoms. The van der Waals surface area contributed by atoms with Crippen LogP contribution in [0.4, 0.5) is 0 Å². The van der Waals surface area contributed by atoms with Gasteiger partial charge in [-0.05, 0) is 53.6 Å². The first-order valence-corrected chi connectivity index (χ1v) is 7.21. The molecule has 18 heavy (non-hydrogen) atoms. The van der Waals surface area contributed by atoms with Crippen molar-refractivity contribution in [3.63, 3.8) is 0 Å². The molecule has 0 aliphatic heterocycles. The summed E-state index contributed by atoms with van der Waals surface area (Å²) in [6.45, 7) is 0. The first kappa shape index (κ1) is 13.6. The number of rotatable bonds is 2. The van der Waals surface area contributed by atoms with Crippen molar-refractivity contribution in [3.8, 4) is 5.75 Å². The average Bonchev–Trinajstić information content (AvgIpc) is 2.35. The summed E-state index contributed by atoms with van der Waals surface area (Å²) in [5, 5.41) is 12.6. The van der Waals surface area contributed by atoms with Crippen LogP contribution in [0.3, 0.4) is 0 Å². The second-order valence-electron chi connectivity index (χ2n) is 4.69. The van der Waals surface area contributed by atoms with Gasteiger partial charge in [0.2, 0.25) is 0 Å². The molecule has 2 atom stereocenters. The number of carbonyl (C=O) groups excluding carboxylic acids is 1. The van der Waals surface area contributed by atoms with Crippen LogP contribution in [0, 0.1) is 3.57 Å². The fraction of sp³-hybridized carbons (Fsp3) is 0.462. The van der Waals surface area contributed by atoms with Crippen LogP contribution < -0.4 is 11.1 Å². The normalized spacial score (nSPS) is 23.7. The van der Waals surface area contributed by atoms with Crippen molar-refractivity contribution >= 4 is 28.5 Å². The van der Waals surface area contributed by atoms with E-state index in [4.69, 9.17) is 5.73 Å². The molecule has 0 saturated heterocycles. The van der Waals surface area contributed by atoms with Crippen molar-refractivity contribution in [1.82, 2.24) is 5.32 Å². The van der Waals surface area contributed by atoms with Crippen LogP contribution >= 0.6 is 22.6 Å². The molecule has 0 radical (unpaired) electrons. The number of halogens is 1. The van der Waals surface area contributed by atoms with E-state index in [9.17, 15) is 9.90 Å². The molecule has 0 spiro atoms. The highest BCUT2D eigenvalue weighted by molar-refractivity contribution is 14.1. The largest absolute Gasteiger partial charge is 0.507 e. The molecule has 1 aliphatic rings. The van der Waals surface area contributed by atoms with Crippen molar-refractivity contribution in [1.29, 1.82) is 0 Å². The Morgan fingerprint density at radius 2 is 2.11 bits per heavy atom. The molecule has 1 aromatic rings. The summed E-state index contributed by atoms with van der Waals surface area (Å²) in [5.41, 5.74) is 6.31. The van der Waals surface area contributed by atoms with Crippen molar-refractivity contribution in [2.45, 2.75) is 37.8 Å². The maximum Gasteiger partial charge on any atom is 0.255 e. The Balaban J connectivity index is 2.09. The molecular formula is C13H17IN2O2. The van der Waals surface area contributed by atoms with E-state index < -0.39 is 0 Å². The molecule has 0 bridgehead atoms. The van der Waals surface area contributed by atoms with Gasteiger partial charge < -0.3 is 16.2 Å². The second kappa shape index (κ2) is 5.88. The molecule has 0 aromatic heterocycles. The van der Waals surface area contributed by atoms with Crippen molar-refractivity contribution < 1.29 is 9.90 Å². The number of carbonyl (C=O) groups is 1. The Morgan fingerprint density at radius 1 is 1.39 bits per heavy atom. The SMILES string of the molecule is N[C@@H]1CCCC[C@H]1NC(=O)c1cc(I)ccc1O. The molecule has 1 fully saturated rings. The third-order valence-corrected chi connectivity index (χ3v) is 4.01. The number of phenols is 1. The van der Waals surface area contributed by atoms with Crippen molar-refractivity contribution in [2.75, 3.05) is 0 Å². The number of nitrogens with two attached hydrogens (primary N) is 1.